The molecular formula is C19H17N5O3S. The summed E-state index contributed by atoms with van der Waals surface area (Å²) in [6, 6.07) is 8.99. The molecule has 0 saturated heterocycles. The summed E-state index contributed by atoms with van der Waals surface area (Å²) in [5.74, 6) is 0.955. The van der Waals surface area contributed by atoms with Gasteiger partial charge in [0, 0.05) is 22.2 Å². The lowest BCUT2D eigenvalue weighted by molar-refractivity contribution is -0.115. The SMILES string of the molecule is Cc1nc(-n2nc(-c3ccco3)cc2NC(=O)Cc2cccs2)[nH]c(=O)c1C. The van der Waals surface area contributed by atoms with Gasteiger partial charge in [0.2, 0.25) is 11.9 Å². The molecule has 9 heteroatoms. The van der Waals surface area contributed by atoms with E-state index in [0.717, 1.165) is 4.88 Å². The van der Waals surface area contributed by atoms with Crippen molar-refractivity contribution < 1.29 is 9.21 Å². The van der Waals surface area contributed by atoms with E-state index in [9.17, 15) is 9.59 Å². The van der Waals surface area contributed by atoms with Crippen LogP contribution in [0.1, 0.15) is 16.1 Å². The van der Waals surface area contributed by atoms with Gasteiger partial charge in [-0.3, -0.25) is 14.6 Å². The van der Waals surface area contributed by atoms with Gasteiger partial charge < -0.3 is 9.73 Å². The highest BCUT2D eigenvalue weighted by Crippen LogP contribution is 2.24. The summed E-state index contributed by atoms with van der Waals surface area (Å²) in [6.07, 6.45) is 1.79. The van der Waals surface area contributed by atoms with Crippen LogP contribution in [-0.4, -0.2) is 25.7 Å². The fraction of sp³-hybridized carbons (Fsp3) is 0.158. The Labute approximate surface area is 163 Å². The van der Waals surface area contributed by atoms with Gasteiger partial charge in [-0.25, -0.2) is 4.98 Å². The highest BCUT2D eigenvalue weighted by Gasteiger charge is 2.18. The van der Waals surface area contributed by atoms with Crippen LogP contribution in [0.4, 0.5) is 5.82 Å². The molecular weight excluding hydrogens is 378 g/mol. The Kier molecular flexibility index (Phi) is 4.66. The Morgan fingerprint density at radius 3 is 2.86 bits per heavy atom. The van der Waals surface area contributed by atoms with Crippen LogP contribution in [0.25, 0.3) is 17.4 Å². The van der Waals surface area contributed by atoms with Gasteiger partial charge in [-0.2, -0.15) is 9.78 Å². The number of H-pyrrole nitrogens is 1. The first-order valence-corrected chi connectivity index (χ1v) is 9.43. The Balaban J connectivity index is 1.74. The smallest absolute Gasteiger partial charge is 0.255 e. The van der Waals surface area contributed by atoms with E-state index in [0.29, 0.717) is 28.5 Å². The van der Waals surface area contributed by atoms with Gasteiger partial charge in [0.05, 0.1) is 12.7 Å². The first kappa shape index (κ1) is 17.9. The van der Waals surface area contributed by atoms with E-state index < -0.39 is 0 Å². The van der Waals surface area contributed by atoms with Gasteiger partial charge in [0.15, 0.2) is 5.76 Å². The summed E-state index contributed by atoms with van der Waals surface area (Å²) in [4.78, 5) is 32.7. The van der Waals surface area contributed by atoms with Crippen molar-refractivity contribution in [1.29, 1.82) is 0 Å². The van der Waals surface area contributed by atoms with E-state index in [2.05, 4.69) is 20.4 Å². The molecule has 2 N–H and O–H groups in total. The number of nitrogens with one attached hydrogen (secondary N) is 2. The predicted molar refractivity (Wildman–Crippen MR) is 106 cm³/mol. The lowest BCUT2D eigenvalue weighted by atomic mass is 10.3. The summed E-state index contributed by atoms with van der Waals surface area (Å²) >= 11 is 1.51. The van der Waals surface area contributed by atoms with Crippen LogP contribution in [0, 0.1) is 13.8 Å². The molecule has 0 aliphatic rings. The number of nitrogens with zero attached hydrogens (tertiary/aromatic N) is 3. The minimum Gasteiger partial charge on any atom is -0.463 e. The maximum absolute atomic E-state index is 12.5. The third-order valence-corrected chi connectivity index (χ3v) is 5.12. The number of carbonyl (C=O) groups excluding carboxylic acids is 1. The number of furan rings is 1. The molecule has 0 saturated carbocycles. The first-order chi connectivity index (χ1) is 13.5. The molecule has 0 spiro atoms. The summed E-state index contributed by atoms with van der Waals surface area (Å²) in [5.41, 5.74) is 1.38. The Morgan fingerprint density at radius 2 is 2.18 bits per heavy atom. The van der Waals surface area contributed by atoms with Crippen LogP contribution >= 0.6 is 11.3 Å². The average Bonchev–Trinajstić information content (AvgIpc) is 3.40. The van der Waals surface area contributed by atoms with E-state index in [4.69, 9.17) is 4.42 Å². The Bertz CT molecular complexity index is 1170. The molecule has 0 aromatic carbocycles. The fourth-order valence-corrected chi connectivity index (χ4v) is 3.37. The van der Waals surface area contributed by atoms with E-state index in [1.807, 2.05) is 17.5 Å². The summed E-state index contributed by atoms with van der Waals surface area (Å²) in [6.45, 7) is 3.45. The standard InChI is InChI=1S/C19H17N5O3S/c1-11-12(2)20-19(22-18(11)26)24-16(10-14(23-24)15-6-3-7-27-15)21-17(25)9-13-5-4-8-28-13/h3-8,10H,9H2,1-2H3,(H,21,25)(H,20,22,26). The molecule has 8 nitrogen and oxygen atoms in total. The highest BCUT2D eigenvalue weighted by atomic mass is 32.1. The molecule has 4 aromatic rings. The number of thiophene rings is 1. The maximum atomic E-state index is 12.5. The monoisotopic (exact) mass is 395 g/mol. The van der Waals surface area contributed by atoms with Crippen LogP contribution in [-0.2, 0) is 11.2 Å². The zero-order chi connectivity index (χ0) is 19.7. The minimum absolute atomic E-state index is 0.194. The molecule has 0 aliphatic carbocycles. The first-order valence-electron chi connectivity index (χ1n) is 8.55. The van der Waals surface area contributed by atoms with E-state index in [1.165, 1.54) is 16.0 Å². The number of carbonyl (C=O) groups is 1. The molecule has 0 aliphatic heterocycles. The normalized spacial score (nSPS) is 10.9. The second-order valence-corrected chi connectivity index (χ2v) is 7.24. The fourth-order valence-electron chi connectivity index (χ4n) is 2.67. The molecule has 0 bridgehead atoms. The van der Waals surface area contributed by atoms with Crippen molar-refractivity contribution in [2.45, 2.75) is 20.3 Å². The number of hydrogen-bond acceptors (Lipinski definition) is 6. The molecule has 4 aromatic heterocycles. The quantitative estimate of drug-likeness (QED) is 0.540. The van der Waals surface area contributed by atoms with Gasteiger partial charge >= 0.3 is 0 Å². The van der Waals surface area contributed by atoms with Crippen molar-refractivity contribution in [2.75, 3.05) is 5.32 Å². The topological polar surface area (TPSA) is 106 Å². The highest BCUT2D eigenvalue weighted by molar-refractivity contribution is 7.10. The van der Waals surface area contributed by atoms with Gasteiger partial charge in [-0.05, 0) is 37.4 Å². The van der Waals surface area contributed by atoms with Crippen LogP contribution in [0.15, 0.2) is 51.2 Å². The van der Waals surface area contributed by atoms with Crippen molar-refractivity contribution >= 4 is 23.1 Å². The molecule has 4 rings (SSSR count). The molecule has 28 heavy (non-hydrogen) atoms. The largest absolute Gasteiger partial charge is 0.463 e. The van der Waals surface area contributed by atoms with Gasteiger partial charge in [0.1, 0.15) is 11.5 Å². The number of aromatic amines is 1. The molecule has 4 heterocycles. The van der Waals surface area contributed by atoms with E-state index >= 15 is 0 Å². The van der Waals surface area contributed by atoms with E-state index in [1.54, 1.807) is 38.3 Å². The van der Waals surface area contributed by atoms with Crippen molar-refractivity contribution in [3.8, 4) is 17.4 Å². The van der Waals surface area contributed by atoms with Crippen LogP contribution in [0.3, 0.4) is 0 Å². The summed E-state index contributed by atoms with van der Waals surface area (Å²) < 4.78 is 6.80. The summed E-state index contributed by atoms with van der Waals surface area (Å²) in [5, 5.41) is 9.23. The molecule has 0 fully saturated rings. The van der Waals surface area contributed by atoms with Crippen molar-refractivity contribution in [2.24, 2.45) is 0 Å². The average molecular weight is 395 g/mol. The number of amides is 1. The Morgan fingerprint density at radius 1 is 1.32 bits per heavy atom. The van der Waals surface area contributed by atoms with Gasteiger partial charge in [0.25, 0.3) is 5.56 Å². The third-order valence-electron chi connectivity index (χ3n) is 4.25. The predicted octanol–water partition coefficient (Wildman–Crippen LogP) is 3.08. The zero-order valence-electron chi connectivity index (χ0n) is 15.2. The van der Waals surface area contributed by atoms with Crippen molar-refractivity contribution in [1.82, 2.24) is 19.7 Å². The number of aryl methyl sites for hydroxylation is 1. The Hall–Kier alpha value is -3.46. The van der Waals surface area contributed by atoms with Crippen LogP contribution in [0.5, 0.6) is 0 Å². The molecule has 1 amide bonds. The molecule has 0 unspecified atom stereocenters. The maximum Gasteiger partial charge on any atom is 0.255 e. The van der Waals surface area contributed by atoms with Gasteiger partial charge in [-0.1, -0.05) is 6.07 Å². The lowest BCUT2D eigenvalue weighted by Crippen LogP contribution is -2.21. The molecule has 0 atom stereocenters. The van der Waals surface area contributed by atoms with Crippen molar-refractivity contribution in [3.05, 3.63) is 68.5 Å². The third kappa shape index (κ3) is 3.52. The zero-order valence-corrected chi connectivity index (χ0v) is 16.0. The number of hydrogen-bond donors (Lipinski definition) is 2. The molecule has 0 radical (unpaired) electrons. The summed E-state index contributed by atoms with van der Waals surface area (Å²) in [7, 11) is 0. The number of rotatable bonds is 5. The minimum atomic E-state index is -0.256. The van der Waals surface area contributed by atoms with Crippen LogP contribution < -0.4 is 10.9 Å². The second-order valence-electron chi connectivity index (χ2n) is 6.21. The number of aromatic nitrogens is 4. The van der Waals surface area contributed by atoms with Crippen LogP contribution in [0.2, 0.25) is 0 Å². The van der Waals surface area contributed by atoms with Crippen molar-refractivity contribution in [3.63, 3.8) is 0 Å². The van der Waals surface area contributed by atoms with E-state index in [-0.39, 0.29) is 23.8 Å². The lowest BCUT2D eigenvalue weighted by Gasteiger charge is -2.09. The van der Waals surface area contributed by atoms with Gasteiger partial charge in [-0.15, -0.1) is 11.3 Å². The number of anilines is 1. The molecule has 142 valence electrons. The second kappa shape index (κ2) is 7.28.